The van der Waals surface area contributed by atoms with Gasteiger partial charge in [0.25, 0.3) is 5.56 Å². The Bertz CT molecular complexity index is 874. The first-order valence-corrected chi connectivity index (χ1v) is 6.67. The molecule has 5 heteroatoms. The van der Waals surface area contributed by atoms with E-state index in [9.17, 15) is 9.90 Å². The van der Waals surface area contributed by atoms with Crippen LogP contribution in [0.1, 0.15) is 17.0 Å². The standard InChI is InChI=1S/C16H16N2O3/c1-8-7-11-6-5-9(2)21-15(11)12(8)13-14(19)10(3)17-18(4)16(13)20/h5-7,19H,1-4H3. The maximum Gasteiger partial charge on any atom is 0.278 e. The van der Waals surface area contributed by atoms with Gasteiger partial charge >= 0.3 is 0 Å². The number of aromatic hydroxyl groups is 1. The summed E-state index contributed by atoms with van der Waals surface area (Å²) in [6, 6.07) is 5.77. The van der Waals surface area contributed by atoms with E-state index >= 15 is 0 Å². The highest BCUT2D eigenvalue weighted by molar-refractivity contribution is 5.88. The summed E-state index contributed by atoms with van der Waals surface area (Å²) >= 11 is 0. The van der Waals surface area contributed by atoms with E-state index in [2.05, 4.69) is 5.10 Å². The number of nitrogens with zero attached hydrogens (tertiary/aromatic N) is 2. The summed E-state index contributed by atoms with van der Waals surface area (Å²) in [7, 11) is 1.57. The molecule has 3 rings (SSSR count). The number of aryl methyl sites for hydroxylation is 4. The second-order valence-corrected chi connectivity index (χ2v) is 5.27. The van der Waals surface area contributed by atoms with Gasteiger partial charge in [-0.05, 0) is 44.5 Å². The Balaban J connectivity index is 2.45. The van der Waals surface area contributed by atoms with Gasteiger partial charge in [0.15, 0.2) is 5.75 Å². The molecule has 1 aromatic heterocycles. The summed E-state index contributed by atoms with van der Waals surface area (Å²) in [5.74, 6) is 1.27. The summed E-state index contributed by atoms with van der Waals surface area (Å²) in [4.78, 5) is 12.4. The quantitative estimate of drug-likeness (QED) is 0.746. The highest BCUT2D eigenvalue weighted by Crippen LogP contribution is 2.41. The van der Waals surface area contributed by atoms with Crippen LogP contribution in [0.4, 0.5) is 0 Å². The lowest BCUT2D eigenvalue weighted by Gasteiger charge is -2.10. The summed E-state index contributed by atoms with van der Waals surface area (Å²) in [5.41, 5.74) is 2.74. The van der Waals surface area contributed by atoms with E-state index in [-0.39, 0.29) is 16.9 Å². The van der Waals surface area contributed by atoms with Crippen molar-refractivity contribution < 1.29 is 9.52 Å². The van der Waals surface area contributed by atoms with Crippen molar-refractivity contribution >= 4 is 0 Å². The molecule has 5 nitrogen and oxygen atoms in total. The minimum atomic E-state index is -0.342. The lowest BCUT2D eigenvalue weighted by atomic mass is 10.0. The van der Waals surface area contributed by atoms with Crippen LogP contribution in [-0.2, 0) is 7.05 Å². The molecule has 0 saturated heterocycles. The molecule has 0 aromatic carbocycles. The third-order valence-electron chi connectivity index (χ3n) is 3.65. The van der Waals surface area contributed by atoms with Crippen LogP contribution in [0.25, 0.3) is 22.5 Å². The fourth-order valence-corrected chi connectivity index (χ4v) is 2.63. The van der Waals surface area contributed by atoms with Crippen LogP contribution in [-0.4, -0.2) is 14.9 Å². The average Bonchev–Trinajstić information content (AvgIpc) is 2.73. The predicted octanol–water partition coefficient (Wildman–Crippen LogP) is 2.78. The molecule has 0 spiro atoms. The normalized spacial score (nSPS) is 11.2. The zero-order valence-electron chi connectivity index (χ0n) is 12.4. The van der Waals surface area contributed by atoms with Gasteiger partial charge in [-0.15, -0.1) is 0 Å². The summed E-state index contributed by atoms with van der Waals surface area (Å²) < 4.78 is 7.01. The lowest BCUT2D eigenvalue weighted by molar-refractivity contribution is 0.460. The van der Waals surface area contributed by atoms with Crippen molar-refractivity contribution in [1.82, 2.24) is 9.78 Å². The van der Waals surface area contributed by atoms with Crippen molar-refractivity contribution in [3.05, 3.63) is 45.6 Å². The van der Waals surface area contributed by atoms with Gasteiger partial charge in [0, 0.05) is 18.2 Å². The highest BCUT2D eigenvalue weighted by atomic mass is 16.3. The van der Waals surface area contributed by atoms with Crippen molar-refractivity contribution in [2.24, 2.45) is 7.05 Å². The first-order valence-electron chi connectivity index (χ1n) is 6.67. The molecule has 1 aliphatic carbocycles. The van der Waals surface area contributed by atoms with Gasteiger partial charge in [-0.1, -0.05) is 0 Å². The topological polar surface area (TPSA) is 68.3 Å². The third-order valence-corrected chi connectivity index (χ3v) is 3.65. The molecule has 0 fully saturated rings. The van der Waals surface area contributed by atoms with E-state index in [4.69, 9.17) is 4.42 Å². The number of hydrogen-bond acceptors (Lipinski definition) is 4. The van der Waals surface area contributed by atoms with Gasteiger partial charge in [0.1, 0.15) is 17.2 Å². The SMILES string of the molecule is Cc1ccc2cc(C)c(-c3c(O)c(C)nn(C)c3=O)c-2o1. The zero-order valence-corrected chi connectivity index (χ0v) is 12.4. The van der Waals surface area contributed by atoms with Crippen molar-refractivity contribution in [3.8, 4) is 28.2 Å². The van der Waals surface area contributed by atoms with E-state index in [0.29, 0.717) is 17.0 Å². The molecule has 0 bridgehead atoms. The molecule has 0 unspecified atom stereocenters. The second-order valence-electron chi connectivity index (χ2n) is 5.27. The summed E-state index contributed by atoms with van der Waals surface area (Å²) in [5, 5.41) is 14.3. The average molecular weight is 284 g/mol. The largest absolute Gasteiger partial charge is 0.505 e. The fourth-order valence-electron chi connectivity index (χ4n) is 2.63. The Morgan fingerprint density at radius 1 is 1.19 bits per heavy atom. The van der Waals surface area contributed by atoms with Gasteiger partial charge in [0.05, 0.1) is 5.56 Å². The molecule has 0 atom stereocenters. The molecule has 1 N–H and O–H groups in total. The summed E-state index contributed by atoms with van der Waals surface area (Å²) in [6.07, 6.45) is 0. The molecule has 21 heavy (non-hydrogen) atoms. The Kier molecular flexibility index (Phi) is 2.86. The molecule has 0 radical (unpaired) electrons. The van der Waals surface area contributed by atoms with Crippen LogP contribution in [0.5, 0.6) is 5.75 Å². The van der Waals surface area contributed by atoms with Gasteiger partial charge in [-0.3, -0.25) is 4.79 Å². The summed E-state index contributed by atoms with van der Waals surface area (Å²) in [6.45, 7) is 5.41. The Labute approximate surface area is 121 Å². The van der Waals surface area contributed by atoms with E-state index in [0.717, 1.165) is 16.9 Å². The monoisotopic (exact) mass is 284 g/mol. The van der Waals surface area contributed by atoms with E-state index in [1.807, 2.05) is 32.0 Å². The third kappa shape index (κ3) is 1.93. The fraction of sp³-hybridized carbons (Fsp3) is 0.250. The lowest BCUT2D eigenvalue weighted by Crippen LogP contribution is -2.22. The Hall–Kier alpha value is -2.56. The molecule has 2 aliphatic rings. The molecular weight excluding hydrogens is 268 g/mol. The minimum absolute atomic E-state index is 0.0922. The number of aromatic nitrogens is 2. The van der Waals surface area contributed by atoms with Crippen molar-refractivity contribution in [2.45, 2.75) is 20.8 Å². The molecular formula is C16H16N2O3. The highest BCUT2D eigenvalue weighted by Gasteiger charge is 2.24. The Morgan fingerprint density at radius 2 is 1.90 bits per heavy atom. The van der Waals surface area contributed by atoms with Gasteiger partial charge in [-0.2, -0.15) is 5.10 Å². The zero-order chi connectivity index (χ0) is 15.3. The first kappa shape index (κ1) is 13.4. The first-order chi connectivity index (χ1) is 9.90. The number of rotatable bonds is 1. The van der Waals surface area contributed by atoms with Crippen molar-refractivity contribution in [3.63, 3.8) is 0 Å². The van der Waals surface area contributed by atoms with Gasteiger partial charge in [-0.25, -0.2) is 4.68 Å². The molecule has 0 amide bonds. The second kappa shape index (κ2) is 4.48. The minimum Gasteiger partial charge on any atom is -0.505 e. The van der Waals surface area contributed by atoms with Crippen LogP contribution in [0.3, 0.4) is 0 Å². The molecule has 1 aromatic rings. The van der Waals surface area contributed by atoms with Crippen LogP contribution < -0.4 is 5.56 Å². The molecule has 108 valence electrons. The number of hydrogen-bond donors (Lipinski definition) is 1. The van der Waals surface area contributed by atoms with E-state index in [1.165, 1.54) is 4.68 Å². The van der Waals surface area contributed by atoms with Crippen LogP contribution in [0.2, 0.25) is 0 Å². The predicted molar refractivity (Wildman–Crippen MR) is 79.7 cm³/mol. The Morgan fingerprint density at radius 3 is 2.62 bits per heavy atom. The number of fused-ring (bicyclic) bond motifs is 1. The maximum absolute atomic E-state index is 12.4. The maximum atomic E-state index is 12.4. The van der Waals surface area contributed by atoms with E-state index in [1.54, 1.807) is 14.0 Å². The molecule has 0 saturated carbocycles. The molecule has 2 heterocycles. The smallest absolute Gasteiger partial charge is 0.278 e. The van der Waals surface area contributed by atoms with Crippen molar-refractivity contribution in [2.75, 3.05) is 0 Å². The van der Waals surface area contributed by atoms with Crippen LogP contribution in [0, 0.1) is 20.8 Å². The van der Waals surface area contributed by atoms with Crippen LogP contribution in [0.15, 0.2) is 27.4 Å². The van der Waals surface area contributed by atoms with Crippen molar-refractivity contribution in [1.29, 1.82) is 0 Å². The molecule has 1 aliphatic heterocycles. The van der Waals surface area contributed by atoms with Crippen LogP contribution >= 0.6 is 0 Å². The van der Waals surface area contributed by atoms with Gasteiger partial charge < -0.3 is 9.52 Å². The van der Waals surface area contributed by atoms with Gasteiger partial charge in [0.2, 0.25) is 0 Å². The van der Waals surface area contributed by atoms with E-state index < -0.39 is 0 Å².